The molecule has 2 heterocycles. The van der Waals surface area contributed by atoms with Crippen LogP contribution in [-0.4, -0.2) is 74.9 Å². The highest BCUT2D eigenvalue weighted by molar-refractivity contribution is 7.90. The Balaban J connectivity index is 1.47. The first-order chi connectivity index (χ1) is 22.6. The Morgan fingerprint density at radius 3 is 2.65 bits per heavy atom. The van der Waals surface area contributed by atoms with E-state index in [1.165, 1.54) is 16.0 Å². The first-order valence-electron chi connectivity index (χ1n) is 17.1. The molecule has 1 spiro atoms. The number of aliphatic hydroxyl groups is 1. The van der Waals surface area contributed by atoms with Gasteiger partial charge in [0.25, 0.3) is 5.91 Å². The molecule has 11 heteroatoms. The summed E-state index contributed by atoms with van der Waals surface area (Å²) < 4.78 is 35.7. The highest BCUT2D eigenvalue weighted by Crippen LogP contribution is 2.50. The molecule has 1 fully saturated rings. The number of carbonyl (C=O) groups excluding carboxylic acids is 2. The van der Waals surface area contributed by atoms with Crippen molar-refractivity contribution < 1.29 is 27.9 Å². The minimum Gasteiger partial charge on any atom is -0.490 e. The van der Waals surface area contributed by atoms with Gasteiger partial charge in [-0.1, -0.05) is 43.7 Å². The van der Waals surface area contributed by atoms with Crippen molar-refractivity contribution >= 4 is 39.1 Å². The highest BCUT2D eigenvalue weighted by atomic mass is 35.5. The van der Waals surface area contributed by atoms with E-state index in [9.17, 15) is 23.1 Å². The molecule has 48 heavy (non-hydrogen) atoms. The smallest absolute Gasteiger partial charge is 0.264 e. The number of amides is 2. The Bertz CT molecular complexity index is 1730. The standard InChI is InChI=1S/C37H48ClN3O6S/c1-23-8-6-17-37(44,24(2)35(43)40(4)5)31-13-10-28(31)20-41-21-36(16-7-9-26-18-29(38)12-14-30(26)36)22-47-33-15-11-27(19-32(33)41)34(42)39-48(45,46)25(23)3/h6,11-12,14-15,17-19,23-25,28,31,44H,7-10,13,16,20-22H2,1-5H3,(H,39,42)/b17-6+/t23-,24-,25+,28-,31+,36-,37+/m0/s1. The van der Waals surface area contributed by atoms with E-state index < -0.39 is 32.7 Å². The number of benzene rings is 2. The van der Waals surface area contributed by atoms with Gasteiger partial charge in [0, 0.05) is 43.2 Å². The molecule has 2 N–H and O–H groups in total. The summed E-state index contributed by atoms with van der Waals surface area (Å²) in [6.45, 7) is 6.80. The Kier molecular flexibility index (Phi) is 9.41. The number of aryl methyl sites for hydroxylation is 1. The molecule has 2 aliphatic carbocycles. The van der Waals surface area contributed by atoms with E-state index in [2.05, 4.69) is 15.7 Å². The van der Waals surface area contributed by atoms with Gasteiger partial charge in [-0.3, -0.25) is 9.59 Å². The quantitative estimate of drug-likeness (QED) is 0.407. The lowest BCUT2D eigenvalue weighted by molar-refractivity contribution is -0.147. The maximum atomic E-state index is 13.5. The van der Waals surface area contributed by atoms with E-state index in [1.807, 2.05) is 25.1 Å². The lowest BCUT2D eigenvalue weighted by Crippen LogP contribution is -2.57. The fourth-order valence-electron chi connectivity index (χ4n) is 8.36. The summed E-state index contributed by atoms with van der Waals surface area (Å²) in [7, 11) is -0.633. The molecule has 2 bridgehead atoms. The molecular weight excluding hydrogens is 650 g/mol. The number of anilines is 1. The van der Waals surface area contributed by atoms with Crippen LogP contribution in [0.5, 0.6) is 5.75 Å². The number of nitrogens with one attached hydrogen (secondary N) is 1. The van der Waals surface area contributed by atoms with Gasteiger partial charge in [-0.15, -0.1) is 0 Å². The molecule has 2 amide bonds. The number of hydrogen-bond acceptors (Lipinski definition) is 7. The molecule has 7 atom stereocenters. The first kappa shape index (κ1) is 34.8. The fraction of sp³-hybridized carbons (Fsp3) is 0.568. The van der Waals surface area contributed by atoms with Gasteiger partial charge in [0.1, 0.15) is 5.75 Å². The molecule has 0 radical (unpaired) electrons. The summed E-state index contributed by atoms with van der Waals surface area (Å²) in [4.78, 5) is 30.7. The van der Waals surface area contributed by atoms with Gasteiger partial charge in [-0.25, -0.2) is 13.1 Å². The summed E-state index contributed by atoms with van der Waals surface area (Å²) in [5.41, 5.74) is 1.59. The Morgan fingerprint density at radius 2 is 1.94 bits per heavy atom. The fourth-order valence-corrected chi connectivity index (χ4v) is 9.84. The average Bonchev–Trinajstić information content (AvgIpc) is 3.17. The molecule has 4 aliphatic rings. The van der Waals surface area contributed by atoms with Crippen LogP contribution in [0.25, 0.3) is 0 Å². The number of carbonyl (C=O) groups is 2. The lowest BCUT2D eigenvalue weighted by atomic mass is 9.60. The summed E-state index contributed by atoms with van der Waals surface area (Å²) >= 11 is 6.43. The van der Waals surface area contributed by atoms with Crippen molar-refractivity contribution in [2.75, 3.05) is 38.7 Å². The van der Waals surface area contributed by atoms with Gasteiger partial charge in [-0.2, -0.15) is 0 Å². The van der Waals surface area contributed by atoms with Crippen LogP contribution in [-0.2, 0) is 26.7 Å². The van der Waals surface area contributed by atoms with Crippen molar-refractivity contribution in [1.29, 1.82) is 0 Å². The number of ether oxygens (including phenoxy) is 1. The van der Waals surface area contributed by atoms with E-state index in [4.69, 9.17) is 16.3 Å². The third-order valence-electron chi connectivity index (χ3n) is 11.7. The van der Waals surface area contributed by atoms with Crippen LogP contribution in [0.4, 0.5) is 5.69 Å². The van der Waals surface area contributed by atoms with Gasteiger partial charge in [-0.05, 0) is 105 Å². The monoisotopic (exact) mass is 697 g/mol. The second kappa shape index (κ2) is 13.0. The molecule has 0 saturated heterocycles. The summed E-state index contributed by atoms with van der Waals surface area (Å²) in [6, 6.07) is 11.2. The average molecular weight is 698 g/mol. The number of hydrogen-bond donors (Lipinski definition) is 2. The van der Waals surface area contributed by atoms with Gasteiger partial charge in [0.15, 0.2) is 0 Å². The zero-order chi connectivity index (χ0) is 34.6. The predicted molar refractivity (Wildman–Crippen MR) is 188 cm³/mol. The number of rotatable bonds is 2. The van der Waals surface area contributed by atoms with Gasteiger partial charge in [0.05, 0.1) is 29.1 Å². The zero-order valence-electron chi connectivity index (χ0n) is 28.5. The van der Waals surface area contributed by atoms with Crippen molar-refractivity contribution in [2.24, 2.45) is 23.7 Å². The second-order valence-corrected chi connectivity index (χ2v) is 17.3. The SMILES string of the molecule is C[C@@H]1[C@@H](C)C/C=C/[C@@](O)([C@@H](C)C(=O)N(C)C)[C@@H]2CC[C@H]2CN2C[C@@]3(CCCc4cc(Cl)ccc43)COc3ccc(cc32)C(=O)NS1(=O)=O. The summed E-state index contributed by atoms with van der Waals surface area (Å²) in [5.74, 6) is -1.44. The van der Waals surface area contributed by atoms with E-state index in [0.29, 0.717) is 42.6 Å². The van der Waals surface area contributed by atoms with E-state index in [-0.39, 0.29) is 34.6 Å². The first-order valence-corrected chi connectivity index (χ1v) is 19.1. The highest BCUT2D eigenvalue weighted by Gasteiger charge is 2.52. The molecule has 2 aromatic rings. The summed E-state index contributed by atoms with van der Waals surface area (Å²) in [5, 5.41) is 12.3. The molecule has 0 aromatic heterocycles. The van der Waals surface area contributed by atoms with Crippen LogP contribution in [0.2, 0.25) is 5.02 Å². The minimum absolute atomic E-state index is 0.0513. The van der Waals surface area contributed by atoms with Crippen LogP contribution in [0.3, 0.4) is 0 Å². The summed E-state index contributed by atoms with van der Waals surface area (Å²) in [6.07, 6.45) is 8.36. The molecule has 2 aliphatic heterocycles. The van der Waals surface area contributed by atoms with E-state index in [0.717, 1.165) is 32.1 Å². The van der Waals surface area contributed by atoms with Crippen LogP contribution < -0.4 is 14.4 Å². The maximum Gasteiger partial charge on any atom is 0.264 e. The Hall–Kier alpha value is -3.08. The van der Waals surface area contributed by atoms with Gasteiger partial charge < -0.3 is 19.6 Å². The largest absolute Gasteiger partial charge is 0.490 e. The van der Waals surface area contributed by atoms with Crippen molar-refractivity contribution in [1.82, 2.24) is 9.62 Å². The topological polar surface area (TPSA) is 116 Å². The molecule has 0 unspecified atom stereocenters. The van der Waals surface area contributed by atoms with Crippen molar-refractivity contribution in [2.45, 2.75) is 75.6 Å². The molecular formula is C37H48ClN3O6S. The van der Waals surface area contributed by atoms with Crippen molar-refractivity contribution in [3.63, 3.8) is 0 Å². The number of nitrogens with zero attached hydrogens (tertiary/aromatic N) is 2. The zero-order valence-corrected chi connectivity index (χ0v) is 30.1. The maximum absolute atomic E-state index is 13.5. The number of fused-ring (bicyclic) bond motifs is 4. The molecule has 2 aromatic carbocycles. The van der Waals surface area contributed by atoms with Gasteiger partial charge >= 0.3 is 0 Å². The number of sulfonamides is 1. The van der Waals surface area contributed by atoms with E-state index in [1.54, 1.807) is 52.2 Å². The van der Waals surface area contributed by atoms with E-state index >= 15 is 0 Å². The lowest BCUT2D eigenvalue weighted by Gasteiger charge is -2.51. The van der Waals surface area contributed by atoms with Crippen LogP contribution in [0.1, 0.15) is 74.4 Å². The second-order valence-electron chi connectivity index (χ2n) is 14.9. The molecule has 260 valence electrons. The van der Waals surface area contributed by atoms with Gasteiger partial charge in [0.2, 0.25) is 15.9 Å². The molecule has 6 rings (SSSR count). The van der Waals surface area contributed by atoms with Crippen LogP contribution in [0.15, 0.2) is 48.6 Å². The molecule has 9 nitrogen and oxygen atoms in total. The third-order valence-corrected chi connectivity index (χ3v) is 13.8. The van der Waals surface area contributed by atoms with Crippen molar-refractivity contribution in [3.8, 4) is 5.75 Å². The van der Waals surface area contributed by atoms with Crippen molar-refractivity contribution in [3.05, 3.63) is 70.3 Å². The Labute approximate surface area is 289 Å². The third kappa shape index (κ3) is 6.24. The normalized spacial score (nSPS) is 32.7. The molecule has 1 saturated carbocycles. The number of allylic oxidation sites excluding steroid dienone is 1. The number of halogens is 1. The predicted octanol–water partition coefficient (Wildman–Crippen LogP) is 5.34. The van der Waals surface area contributed by atoms with Crippen LogP contribution >= 0.6 is 11.6 Å². The van der Waals surface area contributed by atoms with Crippen LogP contribution in [0, 0.1) is 23.7 Å². The Morgan fingerprint density at radius 1 is 1.17 bits per heavy atom. The minimum atomic E-state index is -4.03.